The lowest BCUT2D eigenvalue weighted by Gasteiger charge is -2.38. The lowest BCUT2D eigenvalue weighted by molar-refractivity contribution is 0.0980. The second kappa shape index (κ2) is 4.90. The van der Waals surface area contributed by atoms with Gasteiger partial charge in [0.1, 0.15) is 12.4 Å². The Balaban J connectivity index is 1.77. The maximum Gasteiger partial charge on any atom is 0.124 e. The highest BCUT2D eigenvalue weighted by molar-refractivity contribution is 5.38. The molecule has 1 aromatic carbocycles. The van der Waals surface area contributed by atoms with Crippen LogP contribution in [0.25, 0.3) is 0 Å². The fraction of sp³-hybridized carbons (Fsp3) is 0.600. The molecule has 0 aromatic heterocycles. The largest absolute Gasteiger partial charge is 0.492 e. The third-order valence-electron chi connectivity index (χ3n) is 4.17. The molecule has 3 heteroatoms. The molecule has 2 N–H and O–H groups in total. The van der Waals surface area contributed by atoms with E-state index in [-0.39, 0.29) is 6.04 Å². The molecule has 1 saturated carbocycles. The maximum atomic E-state index is 6.44. The van der Waals surface area contributed by atoms with Crippen molar-refractivity contribution in [1.29, 1.82) is 0 Å². The molecule has 3 nitrogen and oxygen atoms in total. The van der Waals surface area contributed by atoms with Crippen LogP contribution < -0.4 is 10.5 Å². The van der Waals surface area contributed by atoms with Crippen molar-refractivity contribution in [2.24, 2.45) is 11.7 Å². The van der Waals surface area contributed by atoms with E-state index in [1.807, 2.05) is 18.2 Å². The van der Waals surface area contributed by atoms with Crippen molar-refractivity contribution in [2.45, 2.75) is 31.8 Å². The number of para-hydroxylation sites is 1. The Hall–Kier alpha value is -1.06. The molecular weight excluding hydrogens is 224 g/mol. The van der Waals surface area contributed by atoms with Crippen LogP contribution in [0.5, 0.6) is 5.75 Å². The second-order valence-electron chi connectivity index (χ2n) is 5.47. The summed E-state index contributed by atoms with van der Waals surface area (Å²) in [5.74, 6) is 1.86. The van der Waals surface area contributed by atoms with Crippen molar-refractivity contribution in [1.82, 2.24) is 4.90 Å². The molecule has 1 fully saturated rings. The Morgan fingerprint density at radius 2 is 2.11 bits per heavy atom. The van der Waals surface area contributed by atoms with Gasteiger partial charge in [-0.3, -0.25) is 4.90 Å². The summed E-state index contributed by atoms with van der Waals surface area (Å²) in [6.45, 7) is 5.18. The number of hydrogen-bond donors (Lipinski definition) is 1. The molecule has 0 amide bonds. The number of benzene rings is 1. The van der Waals surface area contributed by atoms with Crippen LogP contribution >= 0.6 is 0 Å². The molecule has 1 heterocycles. The second-order valence-corrected chi connectivity index (χ2v) is 5.47. The predicted octanol–water partition coefficient (Wildman–Crippen LogP) is 2.18. The standard InChI is InChI=1S/C15H22N2O/c1-2-17(9-11-7-8-11)13-10-18-14-6-4-3-5-12(14)15(13)16/h3-6,11,13,15H,2,7-10,16H2,1H3. The van der Waals surface area contributed by atoms with E-state index >= 15 is 0 Å². The van der Waals surface area contributed by atoms with Crippen molar-refractivity contribution in [3.8, 4) is 5.75 Å². The number of fused-ring (bicyclic) bond motifs is 1. The lowest BCUT2D eigenvalue weighted by Crippen LogP contribution is -2.49. The average molecular weight is 246 g/mol. The van der Waals surface area contributed by atoms with Crippen LogP contribution in [0.4, 0.5) is 0 Å². The Morgan fingerprint density at radius 3 is 2.83 bits per heavy atom. The molecule has 0 spiro atoms. The third-order valence-corrected chi connectivity index (χ3v) is 4.17. The van der Waals surface area contributed by atoms with Crippen LogP contribution in [0.3, 0.4) is 0 Å². The monoisotopic (exact) mass is 246 g/mol. The minimum absolute atomic E-state index is 0.0775. The highest BCUT2D eigenvalue weighted by Gasteiger charge is 2.34. The van der Waals surface area contributed by atoms with E-state index in [4.69, 9.17) is 10.5 Å². The van der Waals surface area contributed by atoms with E-state index in [9.17, 15) is 0 Å². The van der Waals surface area contributed by atoms with Gasteiger partial charge in [-0.05, 0) is 31.4 Å². The van der Waals surface area contributed by atoms with E-state index in [1.165, 1.54) is 19.4 Å². The van der Waals surface area contributed by atoms with Crippen molar-refractivity contribution in [3.63, 3.8) is 0 Å². The van der Waals surface area contributed by atoms with Gasteiger partial charge in [0.15, 0.2) is 0 Å². The summed E-state index contributed by atoms with van der Waals surface area (Å²) in [5, 5.41) is 0. The predicted molar refractivity (Wildman–Crippen MR) is 72.6 cm³/mol. The van der Waals surface area contributed by atoms with E-state index in [0.29, 0.717) is 6.04 Å². The fourth-order valence-corrected chi connectivity index (χ4v) is 2.84. The smallest absolute Gasteiger partial charge is 0.124 e. The lowest BCUT2D eigenvalue weighted by atomic mass is 9.96. The molecule has 18 heavy (non-hydrogen) atoms. The first-order valence-corrected chi connectivity index (χ1v) is 7.01. The number of likely N-dealkylation sites (N-methyl/N-ethyl adjacent to an activating group) is 1. The SMILES string of the molecule is CCN(CC1CC1)C1COc2ccccc2C1N. The molecule has 98 valence electrons. The van der Waals surface area contributed by atoms with Crippen LogP contribution in [-0.2, 0) is 0 Å². The Bertz CT molecular complexity index is 417. The zero-order valence-electron chi connectivity index (χ0n) is 11.0. The maximum absolute atomic E-state index is 6.44. The summed E-state index contributed by atoms with van der Waals surface area (Å²) in [6, 6.07) is 8.56. The van der Waals surface area contributed by atoms with Crippen LogP contribution in [0.2, 0.25) is 0 Å². The van der Waals surface area contributed by atoms with Crippen LogP contribution in [0.15, 0.2) is 24.3 Å². The van der Waals surface area contributed by atoms with Gasteiger partial charge in [-0.15, -0.1) is 0 Å². The van der Waals surface area contributed by atoms with Gasteiger partial charge in [0, 0.05) is 12.1 Å². The average Bonchev–Trinajstić information content (AvgIpc) is 3.21. The summed E-state index contributed by atoms with van der Waals surface area (Å²) in [5.41, 5.74) is 7.60. The Labute approximate surface area is 109 Å². The molecule has 2 atom stereocenters. The van der Waals surface area contributed by atoms with Gasteiger partial charge in [-0.1, -0.05) is 25.1 Å². The van der Waals surface area contributed by atoms with Crippen molar-refractivity contribution >= 4 is 0 Å². The van der Waals surface area contributed by atoms with Crippen LogP contribution in [0, 0.1) is 5.92 Å². The van der Waals surface area contributed by atoms with Gasteiger partial charge in [0.05, 0.1) is 12.1 Å². The highest BCUT2D eigenvalue weighted by atomic mass is 16.5. The minimum atomic E-state index is 0.0775. The molecule has 3 rings (SSSR count). The van der Waals surface area contributed by atoms with Crippen molar-refractivity contribution in [3.05, 3.63) is 29.8 Å². The summed E-state index contributed by atoms with van der Waals surface area (Å²) in [7, 11) is 0. The Morgan fingerprint density at radius 1 is 1.33 bits per heavy atom. The zero-order chi connectivity index (χ0) is 12.5. The quantitative estimate of drug-likeness (QED) is 0.885. The number of nitrogens with zero attached hydrogens (tertiary/aromatic N) is 1. The highest BCUT2D eigenvalue weighted by Crippen LogP contribution is 2.35. The fourth-order valence-electron chi connectivity index (χ4n) is 2.84. The first-order chi connectivity index (χ1) is 8.79. The van der Waals surface area contributed by atoms with E-state index in [1.54, 1.807) is 0 Å². The van der Waals surface area contributed by atoms with Crippen LogP contribution in [0.1, 0.15) is 31.4 Å². The summed E-state index contributed by atoms with van der Waals surface area (Å²) < 4.78 is 5.87. The molecule has 1 aliphatic heterocycles. The molecule has 2 unspecified atom stereocenters. The summed E-state index contributed by atoms with van der Waals surface area (Å²) in [6.07, 6.45) is 2.77. The van der Waals surface area contributed by atoms with E-state index in [0.717, 1.165) is 30.4 Å². The number of ether oxygens (including phenoxy) is 1. The van der Waals surface area contributed by atoms with Crippen molar-refractivity contribution in [2.75, 3.05) is 19.7 Å². The topological polar surface area (TPSA) is 38.5 Å². The summed E-state index contributed by atoms with van der Waals surface area (Å²) in [4.78, 5) is 2.50. The molecule has 2 aliphatic rings. The Kier molecular flexibility index (Phi) is 3.27. The van der Waals surface area contributed by atoms with E-state index in [2.05, 4.69) is 17.9 Å². The van der Waals surface area contributed by atoms with Gasteiger partial charge >= 0.3 is 0 Å². The van der Waals surface area contributed by atoms with Gasteiger partial charge < -0.3 is 10.5 Å². The molecule has 0 radical (unpaired) electrons. The zero-order valence-corrected chi connectivity index (χ0v) is 11.0. The number of hydrogen-bond acceptors (Lipinski definition) is 3. The molecule has 0 saturated heterocycles. The normalized spacial score (nSPS) is 26.8. The molecule has 1 aliphatic carbocycles. The van der Waals surface area contributed by atoms with Gasteiger partial charge in [0.2, 0.25) is 0 Å². The first-order valence-electron chi connectivity index (χ1n) is 7.01. The van der Waals surface area contributed by atoms with Gasteiger partial charge in [0.25, 0.3) is 0 Å². The first kappa shape index (κ1) is 12.0. The number of nitrogens with two attached hydrogens (primary N) is 1. The molecular formula is C15H22N2O. The minimum Gasteiger partial charge on any atom is -0.492 e. The van der Waals surface area contributed by atoms with Crippen molar-refractivity contribution < 1.29 is 4.74 Å². The molecule has 1 aromatic rings. The summed E-state index contributed by atoms with van der Waals surface area (Å²) >= 11 is 0. The number of rotatable bonds is 4. The third kappa shape index (κ3) is 2.25. The van der Waals surface area contributed by atoms with Gasteiger partial charge in [-0.25, -0.2) is 0 Å². The van der Waals surface area contributed by atoms with Crippen LogP contribution in [-0.4, -0.2) is 30.6 Å². The van der Waals surface area contributed by atoms with Gasteiger partial charge in [-0.2, -0.15) is 0 Å². The van der Waals surface area contributed by atoms with E-state index < -0.39 is 0 Å². The molecule has 0 bridgehead atoms.